The molecule has 0 fully saturated rings. The predicted molar refractivity (Wildman–Crippen MR) is 83.9 cm³/mol. The summed E-state index contributed by atoms with van der Waals surface area (Å²) >= 11 is 0. The van der Waals surface area contributed by atoms with Crippen LogP contribution in [0.3, 0.4) is 0 Å². The fourth-order valence-corrected chi connectivity index (χ4v) is 2.09. The van der Waals surface area contributed by atoms with Crippen LogP contribution in [-0.2, 0) is 0 Å². The van der Waals surface area contributed by atoms with E-state index in [-0.39, 0.29) is 11.9 Å². The summed E-state index contributed by atoms with van der Waals surface area (Å²) in [6.07, 6.45) is 1.48. The van der Waals surface area contributed by atoms with Crippen molar-refractivity contribution in [1.29, 1.82) is 0 Å². The van der Waals surface area contributed by atoms with Gasteiger partial charge in [0.05, 0.1) is 17.9 Å². The Morgan fingerprint density at radius 3 is 2.52 bits per heavy atom. The molecule has 110 valence electrons. The van der Waals surface area contributed by atoms with Crippen molar-refractivity contribution in [1.82, 2.24) is 15.2 Å². The molecule has 1 aromatic heterocycles. The first-order valence-electron chi connectivity index (χ1n) is 6.79. The maximum absolute atomic E-state index is 12.1. The van der Waals surface area contributed by atoms with Crippen LogP contribution in [0.4, 0.5) is 5.69 Å². The van der Waals surface area contributed by atoms with Gasteiger partial charge in [0.15, 0.2) is 0 Å². The van der Waals surface area contributed by atoms with Crippen LogP contribution in [0.15, 0.2) is 48.7 Å². The number of amides is 1. The molecule has 1 unspecified atom stereocenters. The number of anilines is 1. The van der Waals surface area contributed by atoms with Crippen molar-refractivity contribution in [3.8, 4) is 0 Å². The van der Waals surface area contributed by atoms with Gasteiger partial charge in [0.1, 0.15) is 5.69 Å². The van der Waals surface area contributed by atoms with Crippen LogP contribution < -0.4 is 11.1 Å². The van der Waals surface area contributed by atoms with Crippen molar-refractivity contribution in [3.05, 3.63) is 59.9 Å². The summed E-state index contributed by atoms with van der Waals surface area (Å²) in [6, 6.07) is 13.5. The number of rotatable bonds is 5. The molecule has 1 aromatic carbocycles. The summed E-state index contributed by atoms with van der Waals surface area (Å²) in [7, 11) is 3.98. The van der Waals surface area contributed by atoms with Crippen LogP contribution in [0.25, 0.3) is 0 Å². The van der Waals surface area contributed by atoms with Gasteiger partial charge >= 0.3 is 0 Å². The number of pyridine rings is 1. The van der Waals surface area contributed by atoms with Gasteiger partial charge in [-0.05, 0) is 31.8 Å². The third kappa shape index (κ3) is 4.03. The first-order valence-corrected chi connectivity index (χ1v) is 6.79. The highest BCUT2D eigenvalue weighted by Crippen LogP contribution is 2.16. The summed E-state index contributed by atoms with van der Waals surface area (Å²) in [5.41, 5.74) is 7.64. The van der Waals surface area contributed by atoms with Crippen molar-refractivity contribution >= 4 is 11.6 Å². The summed E-state index contributed by atoms with van der Waals surface area (Å²) in [5, 5.41) is 2.91. The van der Waals surface area contributed by atoms with E-state index in [0.717, 1.165) is 5.56 Å². The highest BCUT2D eigenvalue weighted by atomic mass is 16.1. The number of hydrogen-bond acceptors (Lipinski definition) is 4. The standard InChI is InChI=1S/C16H20N4O/c1-20(2)15(12-6-4-3-5-7-12)11-19-16(21)14-9-8-13(17)10-18-14/h3-10,15H,11,17H2,1-2H3,(H,19,21). The maximum Gasteiger partial charge on any atom is 0.269 e. The Labute approximate surface area is 124 Å². The minimum atomic E-state index is -0.196. The Balaban J connectivity index is 2.02. The smallest absolute Gasteiger partial charge is 0.269 e. The van der Waals surface area contributed by atoms with Crippen LogP contribution in [0.1, 0.15) is 22.1 Å². The number of nitrogen functional groups attached to an aromatic ring is 1. The molecule has 1 amide bonds. The Bertz CT molecular complexity index is 581. The van der Waals surface area contributed by atoms with E-state index < -0.39 is 0 Å². The number of carbonyl (C=O) groups is 1. The molecule has 5 nitrogen and oxygen atoms in total. The number of aromatic nitrogens is 1. The van der Waals surface area contributed by atoms with Crippen molar-refractivity contribution in [2.24, 2.45) is 0 Å². The largest absolute Gasteiger partial charge is 0.397 e. The molecule has 1 atom stereocenters. The molecule has 0 aliphatic rings. The molecule has 0 bridgehead atoms. The lowest BCUT2D eigenvalue weighted by Gasteiger charge is -2.25. The summed E-state index contributed by atoms with van der Waals surface area (Å²) in [5.74, 6) is -0.196. The van der Waals surface area contributed by atoms with E-state index in [0.29, 0.717) is 17.9 Å². The van der Waals surface area contributed by atoms with Gasteiger partial charge in [0, 0.05) is 6.54 Å². The van der Waals surface area contributed by atoms with Gasteiger partial charge < -0.3 is 16.0 Å². The van der Waals surface area contributed by atoms with E-state index in [4.69, 9.17) is 5.73 Å². The van der Waals surface area contributed by atoms with E-state index >= 15 is 0 Å². The molecule has 0 spiro atoms. The van der Waals surface area contributed by atoms with E-state index in [1.165, 1.54) is 6.20 Å². The second kappa shape index (κ2) is 6.85. The zero-order chi connectivity index (χ0) is 15.2. The lowest BCUT2D eigenvalue weighted by atomic mass is 10.1. The Kier molecular flexibility index (Phi) is 4.90. The van der Waals surface area contributed by atoms with Gasteiger partial charge in [-0.3, -0.25) is 4.79 Å². The van der Waals surface area contributed by atoms with E-state index in [9.17, 15) is 4.79 Å². The van der Waals surface area contributed by atoms with Crippen LogP contribution in [-0.4, -0.2) is 36.4 Å². The first-order chi connectivity index (χ1) is 10.1. The number of hydrogen-bond donors (Lipinski definition) is 2. The SMILES string of the molecule is CN(C)C(CNC(=O)c1ccc(N)cn1)c1ccccc1. The minimum absolute atomic E-state index is 0.115. The number of nitrogens with zero attached hydrogens (tertiary/aromatic N) is 2. The monoisotopic (exact) mass is 284 g/mol. The molecule has 2 rings (SSSR count). The minimum Gasteiger partial charge on any atom is -0.397 e. The molecule has 0 radical (unpaired) electrons. The molecule has 1 heterocycles. The summed E-state index contributed by atoms with van der Waals surface area (Å²) in [4.78, 5) is 18.2. The highest BCUT2D eigenvalue weighted by Gasteiger charge is 2.15. The number of benzene rings is 1. The van der Waals surface area contributed by atoms with Crippen molar-refractivity contribution < 1.29 is 4.79 Å². The van der Waals surface area contributed by atoms with E-state index in [2.05, 4.69) is 27.3 Å². The molecule has 0 saturated heterocycles. The molecule has 3 N–H and O–H groups in total. The fraction of sp³-hybridized carbons (Fsp3) is 0.250. The molecule has 2 aromatic rings. The lowest BCUT2D eigenvalue weighted by molar-refractivity contribution is 0.0937. The molecule has 0 aliphatic heterocycles. The van der Waals surface area contributed by atoms with E-state index in [1.54, 1.807) is 12.1 Å². The Morgan fingerprint density at radius 2 is 1.95 bits per heavy atom. The third-order valence-corrected chi connectivity index (χ3v) is 3.28. The molecule has 0 saturated carbocycles. The fourth-order valence-electron chi connectivity index (χ4n) is 2.09. The van der Waals surface area contributed by atoms with Gasteiger partial charge in [-0.25, -0.2) is 4.98 Å². The van der Waals surface area contributed by atoms with Gasteiger partial charge in [-0.15, -0.1) is 0 Å². The topological polar surface area (TPSA) is 71.2 Å². The zero-order valence-electron chi connectivity index (χ0n) is 12.3. The quantitative estimate of drug-likeness (QED) is 0.876. The molecule has 0 aliphatic carbocycles. The van der Waals surface area contributed by atoms with Gasteiger partial charge in [-0.2, -0.15) is 0 Å². The van der Waals surface area contributed by atoms with Crippen LogP contribution >= 0.6 is 0 Å². The normalized spacial score (nSPS) is 12.1. The summed E-state index contributed by atoms with van der Waals surface area (Å²) in [6.45, 7) is 0.516. The second-order valence-electron chi connectivity index (χ2n) is 5.08. The van der Waals surface area contributed by atoms with Crippen LogP contribution in [0.2, 0.25) is 0 Å². The third-order valence-electron chi connectivity index (χ3n) is 3.28. The Morgan fingerprint density at radius 1 is 1.24 bits per heavy atom. The van der Waals surface area contributed by atoms with Gasteiger partial charge in [0.2, 0.25) is 0 Å². The molecule has 21 heavy (non-hydrogen) atoms. The van der Waals surface area contributed by atoms with Crippen molar-refractivity contribution in [3.63, 3.8) is 0 Å². The van der Waals surface area contributed by atoms with Crippen LogP contribution in [0, 0.1) is 0 Å². The highest BCUT2D eigenvalue weighted by molar-refractivity contribution is 5.92. The van der Waals surface area contributed by atoms with Crippen molar-refractivity contribution in [2.45, 2.75) is 6.04 Å². The average molecular weight is 284 g/mol. The average Bonchev–Trinajstić information content (AvgIpc) is 2.48. The zero-order valence-corrected chi connectivity index (χ0v) is 12.3. The van der Waals surface area contributed by atoms with E-state index in [1.807, 2.05) is 32.3 Å². The number of nitrogens with one attached hydrogen (secondary N) is 1. The first kappa shape index (κ1) is 15.0. The predicted octanol–water partition coefficient (Wildman–Crippen LogP) is 1.70. The second-order valence-corrected chi connectivity index (χ2v) is 5.08. The number of carbonyl (C=O) groups excluding carboxylic acids is 1. The summed E-state index contributed by atoms with van der Waals surface area (Å²) < 4.78 is 0. The molecule has 5 heteroatoms. The molecular weight excluding hydrogens is 264 g/mol. The Hall–Kier alpha value is -2.40. The van der Waals surface area contributed by atoms with Gasteiger partial charge in [-0.1, -0.05) is 30.3 Å². The van der Waals surface area contributed by atoms with Gasteiger partial charge in [0.25, 0.3) is 5.91 Å². The maximum atomic E-state index is 12.1. The van der Waals surface area contributed by atoms with Crippen molar-refractivity contribution in [2.75, 3.05) is 26.4 Å². The number of nitrogens with two attached hydrogens (primary N) is 1. The van der Waals surface area contributed by atoms with Crippen LogP contribution in [0.5, 0.6) is 0 Å². The lowest BCUT2D eigenvalue weighted by Crippen LogP contribution is -2.34. The number of likely N-dealkylation sites (N-methyl/N-ethyl adjacent to an activating group) is 1. The molecular formula is C16H20N4O.